The Kier molecular flexibility index (Phi) is 6.61. The normalized spacial score (nSPS) is 11.0. The minimum Gasteiger partial charge on any atom is -0.480 e. The molecule has 0 aliphatic rings. The Hall–Kier alpha value is -3.19. The van der Waals surface area contributed by atoms with Gasteiger partial charge < -0.3 is 19.7 Å². The summed E-state index contributed by atoms with van der Waals surface area (Å²) in [7, 11) is 1.50. The van der Waals surface area contributed by atoms with Crippen LogP contribution in [-0.2, 0) is 20.7 Å². The first-order valence-corrected chi connectivity index (χ1v) is 9.33. The lowest BCUT2D eigenvalue weighted by Crippen LogP contribution is -2.38. The number of aliphatic carboxylic acids is 1. The van der Waals surface area contributed by atoms with Crippen LogP contribution in [0, 0.1) is 5.82 Å². The zero-order valence-electron chi connectivity index (χ0n) is 16.2. The molecular weight excluding hydrogens is 375 g/mol. The molecule has 2 N–H and O–H groups in total. The number of methoxy groups -OCH3 is 1. The second kappa shape index (κ2) is 9.34. The second-order valence-electron chi connectivity index (χ2n) is 6.74. The molecule has 0 spiro atoms. The number of carboxylic acids is 1. The van der Waals surface area contributed by atoms with Crippen molar-refractivity contribution in [3.05, 3.63) is 59.9 Å². The first-order chi connectivity index (χ1) is 14.0. The van der Waals surface area contributed by atoms with E-state index in [1.807, 2.05) is 30.3 Å². The van der Waals surface area contributed by atoms with Crippen LogP contribution in [0.15, 0.2) is 48.5 Å². The van der Waals surface area contributed by atoms with E-state index in [2.05, 4.69) is 4.98 Å². The molecule has 29 heavy (non-hydrogen) atoms. The van der Waals surface area contributed by atoms with Crippen molar-refractivity contribution in [2.24, 2.45) is 0 Å². The van der Waals surface area contributed by atoms with Gasteiger partial charge in [-0.3, -0.25) is 9.59 Å². The highest BCUT2D eigenvalue weighted by atomic mass is 19.1. The monoisotopic (exact) mass is 398 g/mol. The van der Waals surface area contributed by atoms with Crippen molar-refractivity contribution in [3.8, 4) is 11.3 Å². The molecular formula is C22H23FN2O4. The number of nitrogens with one attached hydrogen (secondary N) is 1. The molecule has 1 aromatic heterocycles. The first-order valence-electron chi connectivity index (χ1n) is 9.33. The van der Waals surface area contributed by atoms with Gasteiger partial charge in [0.05, 0.1) is 6.61 Å². The molecule has 6 nitrogen and oxygen atoms in total. The summed E-state index contributed by atoms with van der Waals surface area (Å²) in [6, 6.07) is 14.2. The third-order valence-electron chi connectivity index (χ3n) is 4.76. The predicted molar refractivity (Wildman–Crippen MR) is 108 cm³/mol. The third kappa shape index (κ3) is 5.00. The van der Waals surface area contributed by atoms with Crippen LogP contribution in [0.4, 0.5) is 4.39 Å². The number of amides is 1. The number of ether oxygens (including phenoxy) is 1. The molecule has 1 amide bonds. The smallest absolute Gasteiger partial charge is 0.323 e. The van der Waals surface area contributed by atoms with Gasteiger partial charge in [0.1, 0.15) is 12.4 Å². The molecule has 0 saturated carbocycles. The van der Waals surface area contributed by atoms with E-state index in [0.29, 0.717) is 6.42 Å². The number of hydrogen-bond donors (Lipinski definition) is 2. The summed E-state index contributed by atoms with van der Waals surface area (Å²) in [4.78, 5) is 28.3. The molecule has 3 aromatic rings. The molecule has 152 valence electrons. The van der Waals surface area contributed by atoms with Gasteiger partial charge in [-0.15, -0.1) is 0 Å². The fraction of sp³-hybridized carbons (Fsp3) is 0.273. The maximum absolute atomic E-state index is 13.9. The summed E-state index contributed by atoms with van der Waals surface area (Å²) in [5.74, 6) is -1.71. The van der Waals surface area contributed by atoms with E-state index in [1.165, 1.54) is 24.1 Å². The maximum Gasteiger partial charge on any atom is 0.323 e. The fourth-order valence-corrected chi connectivity index (χ4v) is 3.38. The summed E-state index contributed by atoms with van der Waals surface area (Å²) in [6.45, 7) is 0.0819. The highest BCUT2D eigenvalue weighted by molar-refractivity contribution is 5.91. The Balaban J connectivity index is 1.89. The molecule has 0 fully saturated rings. The van der Waals surface area contributed by atoms with Crippen LogP contribution in [0.25, 0.3) is 22.2 Å². The van der Waals surface area contributed by atoms with Gasteiger partial charge >= 0.3 is 5.97 Å². The number of hydrogen-bond acceptors (Lipinski definition) is 3. The average Bonchev–Trinajstić information content (AvgIpc) is 3.07. The highest BCUT2D eigenvalue weighted by Crippen LogP contribution is 2.32. The number of aromatic nitrogens is 1. The van der Waals surface area contributed by atoms with Crippen molar-refractivity contribution in [2.75, 3.05) is 26.8 Å². The van der Waals surface area contributed by atoms with E-state index in [-0.39, 0.29) is 37.8 Å². The molecule has 3 rings (SSSR count). The number of H-pyrrole nitrogens is 1. The summed E-state index contributed by atoms with van der Waals surface area (Å²) < 4.78 is 18.8. The summed E-state index contributed by atoms with van der Waals surface area (Å²) in [6.07, 6.45) is 0.468. The summed E-state index contributed by atoms with van der Waals surface area (Å²) >= 11 is 0. The maximum atomic E-state index is 13.9. The lowest BCUT2D eigenvalue weighted by molar-refractivity contribution is -0.144. The number of aryl methyl sites for hydroxylation is 1. The molecule has 1 heterocycles. The van der Waals surface area contributed by atoms with Crippen LogP contribution in [0.1, 0.15) is 12.0 Å². The molecule has 7 heteroatoms. The van der Waals surface area contributed by atoms with Gasteiger partial charge in [-0.1, -0.05) is 30.3 Å². The Labute approximate surface area is 167 Å². The number of carbonyl (C=O) groups is 2. The average molecular weight is 398 g/mol. The van der Waals surface area contributed by atoms with Gasteiger partial charge in [-0.25, -0.2) is 4.39 Å². The van der Waals surface area contributed by atoms with Crippen molar-refractivity contribution in [1.29, 1.82) is 0 Å². The van der Waals surface area contributed by atoms with Gasteiger partial charge in [0.2, 0.25) is 5.91 Å². The molecule has 0 bridgehead atoms. The number of aromatic amines is 1. The van der Waals surface area contributed by atoms with Crippen molar-refractivity contribution >= 4 is 22.8 Å². The van der Waals surface area contributed by atoms with Crippen LogP contribution in [0.5, 0.6) is 0 Å². The molecule has 0 aliphatic carbocycles. The van der Waals surface area contributed by atoms with Gasteiger partial charge in [0.25, 0.3) is 0 Å². The van der Waals surface area contributed by atoms with E-state index < -0.39 is 5.97 Å². The predicted octanol–water partition coefficient (Wildman–Crippen LogP) is 3.47. The topological polar surface area (TPSA) is 82.6 Å². The van der Waals surface area contributed by atoms with E-state index >= 15 is 0 Å². The van der Waals surface area contributed by atoms with Crippen molar-refractivity contribution in [2.45, 2.75) is 12.8 Å². The Morgan fingerprint density at radius 1 is 1.17 bits per heavy atom. The first kappa shape index (κ1) is 20.5. The van der Waals surface area contributed by atoms with E-state index in [9.17, 15) is 14.0 Å². The summed E-state index contributed by atoms with van der Waals surface area (Å²) in [5.41, 5.74) is 3.39. The highest BCUT2D eigenvalue weighted by Gasteiger charge is 2.19. The van der Waals surface area contributed by atoms with Crippen LogP contribution >= 0.6 is 0 Å². The Morgan fingerprint density at radius 3 is 2.62 bits per heavy atom. The second-order valence-corrected chi connectivity index (χ2v) is 6.74. The number of nitrogens with zero attached hydrogens (tertiary/aromatic N) is 1. The molecule has 0 aliphatic heterocycles. The number of halogens is 1. The third-order valence-corrected chi connectivity index (χ3v) is 4.76. The zero-order chi connectivity index (χ0) is 20.8. The fourth-order valence-electron chi connectivity index (χ4n) is 3.38. The van der Waals surface area contributed by atoms with Crippen molar-refractivity contribution in [3.63, 3.8) is 0 Å². The SMILES string of the molecule is COCCN(CC(=O)O)C(=O)CCc1c(-c2ccccc2)[nH]c2ccc(F)cc12. The van der Waals surface area contributed by atoms with Gasteiger partial charge in [0, 0.05) is 36.7 Å². The van der Waals surface area contributed by atoms with E-state index in [1.54, 1.807) is 6.07 Å². The zero-order valence-corrected chi connectivity index (χ0v) is 16.2. The van der Waals surface area contributed by atoms with Crippen LogP contribution < -0.4 is 0 Å². The molecule has 0 atom stereocenters. The number of carboxylic acid groups (broad SMARTS) is 1. The lowest BCUT2D eigenvalue weighted by atomic mass is 10.0. The van der Waals surface area contributed by atoms with Crippen molar-refractivity contribution in [1.82, 2.24) is 9.88 Å². The molecule has 0 saturated heterocycles. The number of fused-ring (bicyclic) bond motifs is 1. The summed E-state index contributed by atoms with van der Waals surface area (Å²) in [5, 5.41) is 9.79. The standard InChI is InChI=1S/C22H23FN2O4/c1-29-12-11-25(14-21(27)28)20(26)10-8-17-18-13-16(23)7-9-19(18)24-22(17)15-5-3-2-4-6-15/h2-7,9,13,24H,8,10-12,14H2,1H3,(H,27,28). The quantitative estimate of drug-likeness (QED) is 0.578. The largest absolute Gasteiger partial charge is 0.480 e. The van der Waals surface area contributed by atoms with Crippen molar-refractivity contribution < 1.29 is 23.8 Å². The van der Waals surface area contributed by atoms with Gasteiger partial charge in [-0.2, -0.15) is 0 Å². The Bertz CT molecular complexity index is 1000. The Morgan fingerprint density at radius 2 is 1.93 bits per heavy atom. The van der Waals surface area contributed by atoms with Crippen LogP contribution in [0.2, 0.25) is 0 Å². The minimum absolute atomic E-state index is 0.111. The van der Waals surface area contributed by atoms with Gasteiger partial charge in [0.15, 0.2) is 0 Å². The van der Waals surface area contributed by atoms with Gasteiger partial charge in [-0.05, 0) is 35.7 Å². The van der Waals surface area contributed by atoms with E-state index in [0.717, 1.165) is 27.7 Å². The number of benzene rings is 2. The van der Waals surface area contributed by atoms with E-state index in [4.69, 9.17) is 9.84 Å². The molecule has 2 aromatic carbocycles. The van der Waals surface area contributed by atoms with Crippen LogP contribution in [-0.4, -0.2) is 53.7 Å². The number of rotatable bonds is 9. The lowest BCUT2D eigenvalue weighted by Gasteiger charge is -2.20. The van der Waals surface area contributed by atoms with Crippen LogP contribution in [0.3, 0.4) is 0 Å². The number of carbonyl (C=O) groups excluding carboxylic acids is 1. The minimum atomic E-state index is -1.08. The molecule has 0 unspecified atom stereocenters. The molecule has 0 radical (unpaired) electrons.